The van der Waals surface area contributed by atoms with Crippen LogP contribution in [0.25, 0.3) is 22.1 Å². The van der Waals surface area contributed by atoms with E-state index in [1.54, 1.807) is 0 Å². The van der Waals surface area contributed by atoms with Crippen molar-refractivity contribution in [3.8, 4) is 11.1 Å². The van der Waals surface area contributed by atoms with Gasteiger partial charge in [-0.1, -0.05) is 61.0 Å². The first kappa shape index (κ1) is 19.4. The van der Waals surface area contributed by atoms with Crippen molar-refractivity contribution >= 4 is 22.7 Å². The van der Waals surface area contributed by atoms with Gasteiger partial charge >= 0.3 is 0 Å². The lowest BCUT2D eigenvalue weighted by Gasteiger charge is -2.31. The van der Waals surface area contributed by atoms with Crippen LogP contribution in [0.15, 0.2) is 86.8 Å². The zero-order valence-electron chi connectivity index (χ0n) is 18.9. The van der Waals surface area contributed by atoms with Gasteiger partial charge in [0.25, 0.3) is 0 Å². The van der Waals surface area contributed by atoms with Crippen molar-refractivity contribution in [3.63, 3.8) is 0 Å². The van der Waals surface area contributed by atoms with E-state index in [1.165, 1.54) is 39.0 Å². The predicted octanol–water partition coefficient (Wildman–Crippen LogP) is 6.66. The number of fused-ring (bicyclic) bond motifs is 3. The van der Waals surface area contributed by atoms with Crippen molar-refractivity contribution in [2.75, 3.05) is 0 Å². The SMILES string of the molecule is CC1=NN=C(C)/C(=[N+]2\[N-]C(C)=C(C)C(C)=C2C)C1=C1c2ccccc2-c2ccccc21. The van der Waals surface area contributed by atoms with E-state index in [4.69, 9.17) is 5.43 Å². The van der Waals surface area contributed by atoms with E-state index in [9.17, 15) is 0 Å². The topological polar surface area (TPSA) is 41.8 Å². The zero-order chi connectivity index (χ0) is 21.9. The van der Waals surface area contributed by atoms with Crippen LogP contribution in [-0.2, 0) is 0 Å². The summed E-state index contributed by atoms with van der Waals surface area (Å²) in [5.41, 5.74) is 19.7. The molecule has 0 saturated heterocycles. The second-order valence-electron chi connectivity index (χ2n) is 8.39. The molecule has 0 radical (unpaired) electrons. The molecule has 0 aromatic heterocycles. The summed E-state index contributed by atoms with van der Waals surface area (Å²) in [5, 5.41) is 9.03. The van der Waals surface area contributed by atoms with Crippen LogP contribution in [0.4, 0.5) is 0 Å². The molecule has 5 rings (SSSR count). The zero-order valence-corrected chi connectivity index (χ0v) is 18.9. The Bertz CT molecular complexity index is 1300. The molecule has 1 aliphatic carbocycles. The second-order valence-corrected chi connectivity index (χ2v) is 8.39. The summed E-state index contributed by atoms with van der Waals surface area (Å²) in [6, 6.07) is 17.3. The molecule has 2 heterocycles. The van der Waals surface area contributed by atoms with Gasteiger partial charge in [-0.05, 0) is 49.9 Å². The van der Waals surface area contributed by atoms with Crippen LogP contribution in [0.5, 0.6) is 0 Å². The molecule has 0 bridgehead atoms. The Morgan fingerprint density at radius 1 is 0.613 bits per heavy atom. The second kappa shape index (κ2) is 7.02. The van der Waals surface area contributed by atoms with Gasteiger partial charge in [0, 0.05) is 18.1 Å². The fraction of sp³-hybridized carbons (Fsp3) is 0.222. The molecule has 0 N–H and O–H groups in total. The van der Waals surface area contributed by atoms with E-state index < -0.39 is 0 Å². The van der Waals surface area contributed by atoms with Crippen molar-refractivity contribution in [3.05, 3.63) is 93.2 Å². The summed E-state index contributed by atoms with van der Waals surface area (Å²) < 4.78 is 2.07. The number of hydrogen-bond donors (Lipinski definition) is 0. The average molecular weight is 407 g/mol. The highest BCUT2D eigenvalue weighted by Gasteiger charge is 2.35. The summed E-state index contributed by atoms with van der Waals surface area (Å²) in [4.78, 5) is 0. The summed E-state index contributed by atoms with van der Waals surface area (Å²) in [5.74, 6) is 0. The molecule has 31 heavy (non-hydrogen) atoms. The smallest absolute Gasteiger partial charge is 0.234 e. The van der Waals surface area contributed by atoms with Crippen LogP contribution in [-0.4, -0.2) is 21.8 Å². The molecule has 4 nitrogen and oxygen atoms in total. The Labute approximate surface area is 183 Å². The van der Waals surface area contributed by atoms with Gasteiger partial charge < -0.3 is 5.43 Å². The number of rotatable bonds is 0. The van der Waals surface area contributed by atoms with E-state index >= 15 is 0 Å². The van der Waals surface area contributed by atoms with E-state index in [-0.39, 0.29) is 0 Å². The van der Waals surface area contributed by atoms with Gasteiger partial charge in [0.05, 0.1) is 11.3 Å². The van der Waals surface area contributed by atoms with E-state index in [2.05, 4.69) is 91.1 Å². The Kier molecular flexibility index (Phi) is 4.40. The number of hydrogen-bond acceptors (Lipinski definition) is 2. The third-order valence-electron chi connectivity index (χ3n) is 6.65. The molecule has 0 spiro atoms. The van der Waals surface area contributed by atoms with Crippen molar-refractivity contribution < 1.29 is 4.68 Å². The molecule has 2 aromatic rings. The Hall–Kier alpha value is -3.53. The van der Waals surface area contributed by atoms with E-state index in [0.717, 1.165) is 34.1 Å². The number of allylic oxidation sites excluding steroid dienone is 5. The normalized spacial score (nSPS) is 20.5. The lowest BCUT2D eigenvalue weighted by atomic mass is 9.89. The van der Waals surface area contributed by atoms with Gasteiger partial charge in [0.1, 0.15) is 5.71 Å². The minimum absolute atomic E-state index is 0.873. The van der Waals surface area contributed by atoms with Crippen molar-refractivity contribution in [1.29, 1.82) is 0 Å². The van der Waals surface area contributed by atoms with Crippen molar-refractivity contribution in [1.82, 2.24) is 0 Å². The van der Waals surface area contributed by atoms with Crippen LogP contribution in [0.1, 0.15) is 52.7 Å². The first-order valence-electron chi connectivity index (χ1n) is 10.7. The first-order valence-corrected chi connectivity index (χ1v) is 10.7. The lowest BCUT2D eigenvalue weighted by molar-refractivity contribution is -0.420. The summed E-state index contributed by atoms with van der Waals surface area (Å²) in [6.45, 7) is 12.6. The third-order valence-corrected chi connectivity index (χ3v) is 6.65. The maximum absolute atomic E-state index is 4.98. The Morgan fingerprint density at radius 2 is 1.13 bits per heavy atom. The minimum atomic E-state index is 0.873. The van der Waals surface area contributed by atoms with Crippen LogP contribution >= 0.6 is 0 Å². The highest BCUT2D eigenvalue weighted by molar-refractivity contribution is 6.55. The van der Waals surface area contributed by atoms with Gasteiger partial charge in [-0.3, -0.25) is 0 Å². The Balaban J connectivity index is 1.91. The molecule has 0 amide bonds. The molecule has 154 valence electrons. The van der Waals surface area contributed by atoms with Crippen molar-refractivity contribution in [2.45, 2.75) is 41.5 Å². The largest absolute Gasteiger partial charge is 0.408 e. The molecule has 2 aliphatic heterocycles. The average Bonchev–Trinajstić information content (AvgIpc) is 3.11. The van der Waals surface area contributed by atoms with E-state index in [1.807, 2.05) is 13.8 Å². The fourth-order valence-corrected chi connectivity index (χ4v) is 4.66. The maximum Gasteiger partial charge on any atom is 0.234 e. The minimum Gasteiger partial charge on any atom is -0.408 e. The van der Waals surface area contributed by atoms with Crippen LogP contribution < -0.4 is 0 Å². The quantitative estimate of drug-likeness (QED) is 0.375. The third kappa shape index (κ3) is 2.78. The highest BCUT2D eigenvalue weighted by atomic mass is 15.5. The molecule has 0 atom stereocenters. The van der Waals surface area contributed by atoms with Crippen molar-refractivity contribution in [2.24, 2.45) is 10.2 Å². The molecular formula is C27H26N4. The van der Waals surface area contributed by atoms with Gasteiger partial charge in [0.15, 0.2) is 5.70 Å². The number of benzene rings is 2. The van der Waals surface area contributed by atoms with Crippen LogP contribution in [0.2, 0.25) is 0 Å². The fourth-order valence-electron chi connectivity index (χ4n) is 4.66. The van der Waals surface area contributed by atoms with Crippen LogP contribution in [0.3, 0.4) is 0 Å². The molecular weight excluding hydrogens is 380 g/mol. The molecule has 0 fully saturated rings. The first-order chi connectivity index (χ1) is 14.9. The maximum atomic E-state index is 4.98. The summed E-state index contributed by atoms with van der Waals surface area (Å²) in [6.07, 6.45) is 0. The molecule has 4 heteroatoms. The van der Waals surface area contributed by atoms with Gasteiger partial charge in [-0.15, -0.1) is 10.8 Å². The highest BCUT2D eigenvalue weighted by Crippen LogP contribution is 2.46. The monoisotopic (exact) mass is 406 g/mol. The lowest BCUT2D eigenvalue weighted by Crippen LogP contribution is -2.32. The Morgan fingerprint density at radius 3 is 1.71 bits per heavy atom. The van der Waals surface area contributed by atoms with E-state index in [0.29, 0.717) is 0 Å². The standard InChI is InChI=1S/C27H26N4/c1-15-16(2)20(6)31(30-17(15)3)27-19(5)29-28-18(4)25(27)26-23-13-9-7-11-21(23)22-12-8-10-14-24(22)26/h7-14H,1-6H3/b31-27+. The van der Waals surface area contributed by atoms with Gasteiger partial charge in [-0.25, -0.2) is 4.68 Å². The molecule has 0 saturated carbocycles. The summed E-state index contributed by atoms with van der Waals surface area (Å²) >= 11 is 0. The van der Waals surface area contributed by atoms with Gasteiger partial charge in [-0.2, -0.15) is 5.10 Å². The predicted molar refractivity (Wildman–Crippen MR) is 129 cm³/mol. The number of nitrogens with zero attached hydrogens (tertiary/aromatic N) is 4. The molecule has 0 unspecified atom stereocenters. The molecule has 2 aromatic carbocycles. The molecule has 3 aliphatic rings. The summed E-state index contributed by atoms with van der Waals surface area (Å²) in [7, 11) is 0. The van der Waals surface area contributed by atoms with Gasteiger partial charge in [0.2, 0.25) is 5.71 Å². The van der Waals surface area contributed by atoms with Crippen LogP contribution in [0, 0.1) is 0 Å².